The molecule has 0 aromatic heterocycles. The summed E-state index contributed by atoms with van der Waals surface area (Å²) in [6.45, 7) is 17.3. The minimum absolute atomic E-state index is 0.0324. The van der Waals surface area contributed by atoms with E-state index in [1.807, 2.05) is 0 Å². The third-order valence-corrected chi connectivity index (χ3v) is 13.8. The van der Waals surface area contributed by atoms with Crippen LogP contribution in [0.5, 0.6) is 0 Å². The summed E-state index contributed by atoms with van der Waals surface area (Å²) in [6, 6.07) is 0. The zero-order valence-electron chi connectivity index (χ0n) is 25.8. The molecule has 5 saturated carbocycles. The Kier molecular flexibility index (Phi) is 6.55. The van der Waals surface area contributed by atoms with Crippen molar-refractivity contribution in [3.8, 4) is 0 Å². The van der Waals surface area contributed by atoms with Crippen LogP contribution in [-0.4, -0.2) is 42.1 Å². The molecule has 6 heteroatoms. The number of ketones is 1. The van der Waals surface area contributed by atoms with E-state index in [1.165, 1.54) is 14.0 Å². The number of fused-ring (bicyclic) bond motifs is 7. The highest BCUT2D eigenvalue weighted by molar-refractivity contribution is 5.87. The quantitative estimate of drug-likeness (QED) is 0.421. The minimum Gasteiger partial charge on any atom is -0.469 e. The topological polar surface area (TPSA) is 89.9 Å². The summed E-state index contributed by atoms with van der Waals surface area (Å²) in [5.41, 5.74) is -1.79. The van der Waals surface area contributed by atoms with E-state index in [1.54, 1.807) is 0 Å². The molecule has 5 aliphatic carbocycles. The Balaban J connectivity index is 1.65. The van der Waals surface area contributed by atoms with Crippen LogP contribution < -0.4 is 0 Å². The second-order valence-electron chi connectivity index (χ2n) is 16.4. The molecule has 6 nitrogen and oxygen atoms in total. The van der Waals surface area contributed by atoms with Gasteiger partial charge >= 0.3 is 11.9 Å². The van der Waals surface area contributed by atoms with Gasteiger partial charge in [-0.25, -0.2) is 0 Å². The van der Waals surface area contributed by atoms with Crippen LogP contribution in [-0.2, 0) is 23.9 Å². The highest BCUT2D eigenvalue weighted by atomic mass is 16.5. The van der Waals surface area contributed by atoms with Crippen LogP contribution in [0.2, 0.25) is 0 Å². The first-order chi connectivity index (χ1) is 17.9. The summed E-state index contributed by atoms with van der Waals surface area (Å²) in [5, 5.41) is 11.1. The van der Waals surface area contributed by atoms with Crippen LogP contribution in [0.1, 0.15) is 113 Å². The molecule has 0 aromatic carbocycles. The summed E-state index contributed by atoms with van der Waals surface area (Å²) >= 11 is 0. The van der Waals surface area contributed by atoms with Gasteiger partial charge in [0.2, 0.25) is 0 Å². The van der Waals surface area contributed by atoms with Crippen LogP contribution in [0.25, 0.3) is 0 Å². The average molecular weight is 545 g/mol. The SMILES string of the molecule is COC(=O)[C@]12CCC(C)(C)C[C@H]1C1C(=O)C[C@@H]3[C@@]4(C)CC[C@H](O)C(C)(C)[C@@H]4[C@H](OC(C)=O)C[C@@]3(C)[C@]1(C)CC2. The fourth-order valence-corrected chi connectivity index (χ4v) is 11.7. The molecule has 0 amide bonds. The number of hydrogen-bond acceptors (Lipinski definition) is 6. The molecule has 0 aliphatic heterocycles. The van der Waals surface area contributed by atoms with E-state index in [9.17, 15) is 19.5 Å². The number of Topliss-reactive ketones (excluding diaryl/α,β-unsaturated/α-hetero) is 1. The molecule has 1 unspecified atom stereocenters. The zero-order chi connectivity index (χ0) is 29.0. The summed E-state index contributed by atoms with van der Waals surface area (Å²) < 4.78 is 11.6. The van der Waals surface area contributed by atoms with Gasteiger partial charge in [0.15, 0.2) is 0 Å². The first kappa shape index (κ1) is 29.1. The molecule has 0 radical (unpaired) electrons. The number of aliphatic hydroxyl groups is 1. The monoisotopic (exact) mass is 544 g/mol. The van der Waals surface area contributed by atoms with Crippen molar-refractivity contribution in [2.24, 2.45) is 56.2 Å². The number of carbonyl (C=O) groups excluding carboxylic acids is 3. The number of carbonyl (C=O) groups is 3. The first-order valence-electron chi connectivity index (χ1n) is 15.4. The number of rotatable bonds is 2. The highest BCUT2D eigenvalue weighted by Gasteiger charge is 2.75. The number of ether oxygens (including phenoxy) is 2. The van der Waals surface area contributed by atoms with Crippen molar-refractivity contribution in [3.05, 3.63) is 0 Å². The van der Waals surface area contributed by atoms with Gasteiger partial charge < -0.3 is 14.6 Å². The van der Waals surface area contributed by atoms with E-state index in [2.05, 4.69) is 48.5 Å². The molecule has 5 aliphatic rings. The second-order valence-corrected chi connectivity index (χ2v) is 16.4. The Hall–Kier alpha value is -1.43. The molecule has 5 rings (SSSR count). The maximum Gasteiger partial charge on any atom is 0.312 e. The fourth-order valence-electron chi connectivity index (χ4n) is 11.7. The van der Waals surface area contributed by atoms with Crippen molar-refractivity contribution in [1.29, 1.82) is 0 Å². The zero-order valence-corrected chi connectivity index (χ0v) is 25.8. The molecule has 0 spiro atoms. The van der Waals surface area contributed by atoms with E-state index in [4.69, 9.17) is 9.47 Å². The Bertz CT molecular complexity index is 1060. The third-order valence-electron chi connectivity index (χ3n) is 13.8. The van der Waals surface area contributed by atoms with Gasteiger partial charge in [-0.05, 0) is 90.3 Å². The summed E-state index contributed by atoms with van der Waals surface area (Å²) in [5.74, 6) is -0.269. The Morgan fingerprint density at radius 2 is 1.54 bits per heavy atom. The predicted octanol–water partition coefficient (Wildman–Crippen LogP) is 6.12. The molecule has 0 aromatic rings. The molecule has 220 valence electrons. The van der Waals surface area contributed by atoms with Crippen LogP contribution in [0.15, 0.2) is 0 Å². The standard InChI is InChI=1S/C33H52O6/c1-19(34)39-22-18-32(8)23(30(6)11-10-24(36)29(4,5)26(22)30)16-21(35)25-20-17-28(2,3)12-14-33(20,27(37)38-9)15-13-31(25,32)7/h20,22-26,36H,10-18H2,1-9H3/t20-,22+,23+,24-,25?,26-,30+,31+,32+,33-/m0/s1. The molecule has 0 bridgehead atoms. The third kappa shape index (κ3) is 3.78. The van der Waals surface area contributed by atoms with E-state index >= 15 is 0 Å². The normalized spacial score (nSPS) is 49.9. The smallest absolute Gasteiger partial charge is 0.312 e. The number of hydrogen-bond donors (Lipinski definition) is 1. The van der Waals surface area contributed by atoms with Gasteiger partial charge in [0.1, 0.15) is 11.9 Å². The van der Waals surface area contributed by atoms with Gasteiger partial charge in [0, 0.05) is 25.2 Å². The van der Waals surface area contributed by atoms with Crippen molar-refractivity contribution in [2.45, 2.75) is 125 Å². The van der Waals surface area contributed by atoms with Crippen molar-refractivity contribution < 1.29 is 29.0 Å². The lowest BCUT2D eigenvalue weighted by molar-refractivity contribution is -0.273. The van der Waals surface area contributed by atoms with Crippen LogP contribution in [0.3, 0.4) is 0 Å². The van der Waals surface area contributed by atoms with Gasteiger partial charge in [-0.1, -0.05) is 48.5 Å². The lowest BCUT2D eigenvalue weighted by Crippen LogP contribution is -2.72. The molecule has 39 heavy (non-hydrogen) atoms. The fraction of sp³-hybridized carbons (Fsp3) is 0.909. The molecular formula is C33H52O6. The lowest BCUT2D eigenvalue weighted by Gasteiger charge is -2.73. The van der Waals surface area contributed by atoms with Crippen molar-refractivity contribution >= 4 is 17.7 Å². The summed E-state index contributed by atoms with van der Waals surface area (Å²) in [7, 11) is 1.49. The lowest BCUT2D eigenvalue weighted by atomic mass is 9.31. The Morgan fingerprint density at radius 3 is 2.15 bits per heavy atom. The Labute approximate surface area is 235 Å². The van der Waals surface area contributed by atoms with E-state index in [0.717, 1.165) is 38.5 Å². The predicted molar refractivity (Wildman–Crippen MR) is 148 cm³/mol. The van der Waals surface area contributed by atoms with E-state index in [0.29, 0.717) is 25.0 Å². The van der Waals surface area contributed by atoms with E-state index in [-0.39, 0.29) is 63.4 Å². The maximum atomic E-state index is 14.6. The average Bonchev–Trinajstić information content (AvgIpc) is 2.82. The molecule has 1 N–H and O–H groups in total. The van der Waals surface area contributed by atoms with Crippen LogP contribution >= 0.6 is 0 Å². The molecule has 0 heterocycles. The van der Waals surface area contributed by atoms with Crippen molar-refractivity contribution in [3.63, 3.8) is 0 Å². The molecule has 10 atom stereocenters. The van der Waals surface area contributed by atoms with Gasteiger partial charge in [-0.2, -0.15) is 0 Å². The minimum atomic E-state index is -0.597. The van der Waals surface area contributed by atoms with Gasteiger partial charge in [0.05, 0.1) is 18.6 Å². The van der Waals surface area contributed by atoms with Crippen LogP contribution in [0, 0.1) is 56.2 Å². The molecule has 5 fully saturated rings. The van der Waals surface area contributed by atoms with Crippen molar-refractivity contribution in [2.75, 3.05) is 7.11 Å². The number of esters is 2. The summed E-state index contributed by atoms with van der Waals surface area (Å²) in [4.78, 5) is 40.5. The Morgan fingerprint density at radius 1 is 0.897 bits per heavy atom. The van der Waals surface area contributed by atoms with Gasteiger partial charge in [0.25, 0.3) is 0 Å². The van der Waals surface area contributed by atoms with Gasteiger partial charge in [-0.15, -0.1) is 0 Å². The summed E-state index contributed by atoms with van der Waals surface area (Å²) in [6.07, 6.45) is 6.02. The maximum absolute atomic E-state index is 14.6. The van der Waals surface area contributed by atoms with Gasteiger partial charge in [-0.3, -0.25) is 14.4 Å². The van der Waals surface area contributed by atoms with E-state index < -0.39 is 16.9 Å². The first-order valence-corrected chi connectivity index (χ1v) is 15.4. The van der Waals surface area contributed by atoms with Crippen molar-refractivity contribution in [1.82, 2.24) is 0 Å². The van der Waals surface area contributed by atoms with Crippen LogP contribution in [0.4, 0.5) is 0 Å². The number of methoxy groups -OCH3 is 1. The second kappa shape index (κ2) is 8.79. The largest absolute Gasteiger partial charge is 0.469 e. The molecular weight excluding hydrogens is 492 g/mol. The number of aliphatic hydroxyl groups excluding tert-OH is 1. The highest BCUT2D eigenvalue weighted by Crippen LogP contribution is 2.76. The molecule has 0 saturated heterocycles.